The molecule has 0 spiro atoms. The van der Waals surface area contributed by atoms with Crippen LogP contribution in [0.25, 0.3) is 6.08 Å². The Morgan fingerprint density at radius 3 is 2.60 bits per heavy atom. The number of hydrogen-bond acceptors (Lipinski definition) is 4. The minimum absolute atomic E-state index is 0.103. The highest BCUT2D eigenvalue weighted by Crippen LogP contribution is 2.21. The van der Waals surface area contributed by atoms with E-state index in [1.165, 1.54) is 24.3 Å². The van der Waals surface area contributed by atoms with Crippen molar-refractivity contribution in [3.8, 4) is 0 Å². The molecule has 5 nitrogen and oxygen atoms in total. The lowest BCUT2D eigenvalue weighted by molar-refractivity contribution is 0.0698. The summed E-state index contributed by atoms with van der Waals surface area (Å²) in [6.45, 7) is 3.48. The van der Waals surface area contributed by atoms with Gasteiger partial charge in [-0.1, -0.05) is 18.7 Å². The first-order valence-corrected chi connectivity index (χ1v) is 4.88. The Labute approximate surface area is 87.4 Å². The fourth-order valence-electron chi connectivity index (χ4n) is 1.01. The van der Waals surface area contributed by atoms with Crippen LogP contribution in [0.5, 0.6) is 0 Å². The quantitative estimate of drug-likeness (QED) is 0.848. The number of rotatable bonds is 3. The topological polar surface area (TPSA) is 83.8 Å². The zero-order valence-corrected chi connectivity index (χ0v) is 8.36. The molecular formula is C9H7NO4S. The Kier molecular flexibility index (Phi) is 3.35. The zero-order valence-electron chi connectivity index (χ0n) is 7.54. The van der Waals surface area contributed by atoms with Crippen molar-refractivity contribution in [2.24, 2.45) is 4.36 Å². The Hall–Kier alpha value is -1.95. The molecule has 0 saturated carbocycles. The first-order chi connectivity index (χ1) is 7.04. The summed E-state index contributed by atoms with van der Waals surface area (Å²) in [6, 6.07) is 4.14. The third kappa shape index (κ3) is 2.75. The first-order valence-electron chi connectivity index (χ1n) is 3.85. The largest absolute Gasteiger partial charge is 0.478 e. The van der Waals surface area contributed by atoms with Crippen LogP contribution in [0.1, 0.15) is 15.9 Å². The summed E-state index contributed by atoms with van der Waals surface area (Å²) in [5.41, 5.74) is 0.335. The summed E-state index contributed by atoms with van der Waals surface area (Å²) in [5, 5.41) is 8.76. The lowest BCUT2D eigenvalue weighted by Crippen LogP contribution is -1.96. The van der Waals surface area contributed by atoms with Crippen molar-refractivity contribution in [1.82, 2.24) is 0 Å². The predicted molar refractivity (Wildman–Crippen MR) is 54.5 cm³/mol. The molecule has 6 heteroatoms. The van der Waals surface area contributed by atoms with Gasteiger partial charge in [0.05, 0.1) is 11.3 Å². The van der Waals surface area contributed by atoms with Gasteiger partial charge in [-0.25, -0.2) is 4.79 Å². The van der Waals surface area contributed by atoms with Gasteiger partial charge in [-0.3, -0.25) is 0 Å². The number of carboxylic acids is 1. The van der Waals surface area contributed by atoms with Crippen LogP contribution in [0.15, 0.2) is 29.1 Å². The number of nitrogens with zero attached hydrogens (tertiary/aromatic N) is 1. The number of benzene rings is 1. The van der Waals surface area contributed by atoms with E-state index in [2.05, 4.69) is 10.9 Å². The lowest BCUT2D eigenvalue weighted by atomic mass is 10.1. The third-order valence-electron chi connectivity index (χ3n) is 1.66. The standard InChI is InChI=1S/C9H7NO4S/c1-2-6-3-4-7(9(11)12)8(5-6)10-15(13)14/h2-5H,1H2,(H,11,12). The average Bonchev–Trinajstić information content (AvgIpc) is 2.16. The second-order valence-electron chi connectivity index (χ2n) is 2.59. The van der Waals surface area contributed by atoms with E-state index < -0.39 is 16.5 Å². The number of hydrogen-bond donors (Lipinski definition) is 1. The summed E-state index contributed by atoms with van der Waals surface area (Å²) < 4.78 is 23.9. The van der Waals surface area contributed by atoms with Gasteiger partial charge in [0.2, 0.25) is 0 Å². The van der Waals surface area contributed by atoms with Crippen molar-refractivity contribution in [2.75, 3.05) is 0 Å². The Morgan fingerprint density at radius 2 is 2.13 bits per heavy atom. The van der Waals surface area contributed by atoms with Crippen LogP contribution in [0, 0.1) is 0 Å². The van der Waals surface area contributed by atoms with Gasteiger partial charge in [-0.15, -0.1) is 4.36 Å². The fraction of sp³-hybridized carbons (Fsp3) is 0. The summed E-state index contributed by atoms with van der Waals surface area (Å²) in [6.07, 6.45) is 1.47. The lowest BCUT2D eigenvalue weighted by Gasteiger charge is -1.99. The second-order valence-corrected chi connectivity index (χ2v) is 3.21. The van der Waals surface area contributed by atoms with Crippen LogP contribution in [0.3, 0.4) is 0 Å². The SMILES string of the molecule is C=Cc1ccc(C(=O)O)c(N=S(=O)=O)c1. The molecule has 1 rings (SSSR count). The van der Waals surface area contributed by atoms with E-state index >= 15 is 0 Å². The molecule has 0 amide bonds. The minimum atomic E-state index is -2.68. The molecule has 0 heterocycles. The Balaban J connectivity index is 3.48. The van der Waals surface area contributed by atoms with Crippen molar-refractivity contribution in [3.63, 3.8) is 0 Å². The van der Waals surface area contributed by atoms with Crippen LogP contribution in [0.2, 0.25) is 0 Å². The van der Waals surface area contributed by atoms with Crippen molar-refractivity contribution in [2.45, 2.75) is 0 Å². The van der Waals surface area contributed by atoms with Crippen molar-refractivity contribution < 1.29 is 18.3 Å². The van der Waals surface area contributed by atoms with Gasteiger partial charge < -0.3 is 5.11 Å². The summed E-state index contributed by atoms with van der Waals surface area (Å²) in [7, 11) is -2.68. The molecule has 15 heavy (non-hydrogen) atoms. The number of carbonyl (C=O) groups is 1. The number of carboxylic acid groups (broad SMARTS) is 1. The number of aromatic carboxylic acids is 1. The molecule has 0 aliphatic rings. The van der Waals surface area contributed by atoms with E-state index in [-0.39, 0.29) is 11.3 Å². The molecule has 0 bridgehead atoms. The summed E-state index contributed by atoms with van der Waals surface area (Å²) >= 11 is 0. The van der Waals surface area contributed by atoms with E-state index in [1.54, 1.807) is 0 Å². The summed E-state index contributed by atoms with van der Waals surface area (Å²) in [4.78, 5) is 10.7. The average molecular weight is 225 g/mol. The molecule has 0 unspecified atom stereocenters. The van der Waals surface area contributed by atoms with E-state index in [1.807, 2.05) is 0 Å². The van der Waals surface area contributed by atoms with Crippen LogP contribution >= 0.6 is 0 Å². The molecule has 0 radical (unpaired) electrons. The predicted octanol–water partition coefficient (Wildman–Crippen LogP) is 1.72. The van der Waals surface area contributed by atoms with Crippen LogP contribution in [0.4, 0.5) is 5.69 Å². The highest BCUT2D eigenvalue weighted by atomic mass is 32.2. The Bertz CT molecular complexity index is 537. The van der Waals surface area contributed by atoms with Gasteiger partial charge >= 0.3 is 16.5 Å². The maximum Gasteiger partial charge on any atom is 0.337 e. The fourth-order valence-corrected chi connectivity index (χ4v) is 1.32. The third-order valence-corrected chi connectivity index (χ3v) is 2.01. The zero-order chi connectivity index (χ0) is 11.4. The van der Waals surface area contributed by atoms with Gasteiger partial charge in [0.25, 0.3) is 0 Å². The van der Waals surface area contributed by atoms with E-state index in [0.717, 1.165) is 0 Å². The molecule has 0 aliphatic carbocycles. The van der Waals surface area contributed by atoms with Gasteiger partial charge in [-0.05, 0) is 17.7 Å². The Morgan fingerprint density at radius 1 is 1.47 bits per heavy atom. The normalized spacial score (nSPS) is 9.33. The summed E-state index contributed by atoms with van der Waals surface area (Å²) in [5.74, 6) is -1.23. The second kappa shape index (κ2) is 4.52. The van der Waals surface area contributed by atoms with E-state index in [4.69, 9.17) is 5.11 Å². The molecular weight excluding hydrogens is 218 g/mol. The van der Waals surface area contributed by atoms with Gasteiger partial charge in [0.15, 0.2) is 0 Å². The maximum atomic E-state index is 10.7. The van der Waals surface area contributed by atoms with Crippen molar-refractivity contribution >= 4 is 28.2 Å². The first kappa shape index (κ1) is 11.1. The molecule has 78 valence electrons. The molecule has 0 aliphatic heterocycles. The van der Waals surface area contributed by atoms with Gasteiger partial charge in [-0.2, -0.15) is 8.42 Å². The maximum absolute atomic E-state index is 10.7. The van der Waals surface area contributed by atoms with Crippen LogP contribution in [-0.2, 0) is 10.5 Å². The van der Waals surface area contributed by atoms with Gasteiger partial charge in [0.1, 0.15) is 0 Å². The van der Waals surface area contributed by atoms with E-state index in [9.17, 15) is 13.2 Å². The van der Waals surface area contributed by atoms with Crippen LogP contribution < -0.4 is 0 Å². The monoisotopic (exact) mass is 225 g/mol. The molecule has 0 atom stereocenters. The van der Waals surface area contributed by atoms with E-state index in [0.29, 0.717) is 5.56 Å². The minimum Gasteiger partial charge on any atom is -0.478 e. The molecule has 0 saturated heterocycles. The van der Waals surface area contributed by atoms with Gasteiger partial charge in [0, 0.05) is 0 Å². The molecule has 0 aromatic heterocycles. The molecule has 0 fully saturated rings. The highest BCUT2D eigenvalue weighted by Gasteiger charge is 2.09. The highest BCUT2D eigenvalue weighted by molar-refractivity contribution is 7.61. The van der Waals surface area contributed by atoms with Crippen molar-refractivity contribution in [1.29, 1.82) is 0 Å². The smallest absolute Gasteiger partial charge is 0.337 e. The van der Waals surface area contributed by atoms with Crippen LogP contribution in [-0.4, -0.2) is 19.5 Å². The molecule has 1 aromatic rings. The van der Waals surface area contributed by atoms with Crippen molar-refractivity contribution in [3.05, 3.63) is 35.9 Å². The molecule has 1 aromatic carbocycles. The molecule has 1 N–H and O–H groups in total.